The van der Waals surface area contributed by atoms with Crippen molar-refractivity contribution in [2.24, 2.45) is 0 Å². The predicted octanol–water partition coefficient (Wildman–Crippen LogP) is 2.64. The van der Waals surface area contributed by atoms with Crippen LogP contribution in [0.1, 0.15) is 33.3 Å². The van der Waals surface area contributed by atoms with E-state index in [0.717, 1.165) is 5.56 Å². The van der Waals surface area contributed by atoms with Crippen LogP contribution in [0.2, 0.25) is 0 Å². The fraction of sp³-hybridized carbons (Fsp3) is 0.538. The summed E-state index contributed by atoms with van der Waals surface area (Å²) < 4.78 is 26.2. The molecule has 0 saturated heterocycles. The van der Waals surface area contributed by atoms with Crippen molar-refractivity contribution in [3.05, 3.63) is 35.9 Å². The largest absolute Gasteiger partial charge is 0.218 e. The van der Waals surface area contributed by atoms with Crippen molar-refractivity contribution in [1.29, 1.82) is 0 Å². The second-order valence-corrected chi connectivity index (χ2v) is 6.63. The summed E-state index contributed by atoms with van der Waals surface area (Å²) in [6.45, 7) is 7.62. The zero-order valence-corrected chi connectivity index (χ0v) is 11.7. The van der Waals surface area contributed by atoms with Gasteiger partial charge in [-0.3, -0.25) is 0 Å². The minimum absolute atomic E-state index is 0.0105. The second kappa shape index (κ2) is 5.65. The smallest absolute Gasteiger partial charge is 0.212 e. The lowest BCUT2D eigenvalue weighted by Crippen LogP contribution is -2.42. The monoisotopic (exact) mass is 255 g/mol. The maximum atomic E-state index is 12.3. The Hall–Kier alpha value is -0.870. The molecule has 0 radical (unpaired) electrons. The lowest BCUT2D eigenvalue weighted by atomic mass is 10.2. The van der Waals surface area contributed by atoms with Gasteiger partial charge >= 0.3 is 0 Å². The lowest BCUT2D eigenvalue weighted by molar-refractivity contribution is 0.302. The number of hydrogen-bond acceptors (Lipinski definition) is 2. The number of rotatable bonds is 5. The summed E-state index contributed by atoms with van der Waals surface area (Å²) in [4.78, 5) is 0. The summed E-state index contributed by atoms with van der Waals surface area (Å²) >= 11 is 0. The van der Waals surface area contributed by atoms with E-state index in [2.05, 4.69) is 0 Å². The number of benzene rings is 1. The molecule has 4 heteroatoms. The van der Waals surface area contributed by atoms with Crippen molar-refractivity contribution >= 4 is 10.0 Å². The maximum Gasteiger partial charge on any atom is 0.218 e. The Balaban J connectivity index is 2.95. The normalized spacial score (nSPS) is 12.6. The molecule has 0 heterocycles. The van der Waals surface area contributed by atoms with E-state index in [0.29, 0.717) is 0 Å². The molecule has 0 fully saturated rings. The third-order valence-electron chi connectivity index (χ3n) is 2.53. The Labute approximate surface area is 105 Å². The third kappa shape index (κ3) is 3.82. The van der Waals surface area contributed by atoms with E-state index in [1.807, 2.05) is 58.0 Å². The van der Waals surface area contributed by atoms with Crippen LogP contribution in [0.4, 0.5) is 0 Å². The Morgan fingerprint density at radius 2 is 1.47 bits per heavy atom. The molecule has 3 nitrogen and oxygen atoms in total. The standard InChI is InChI=1S/C13H21NO2S/c1-11(2)14(12(3)4)17(15,16)10-13-8-6-5-7-9-13/h5-9,11-12H,10H2,1-4H3. The zero-order valence-electron chi connectivity index (χ0n) is 10.9. The van der Waals surface area contributed by atoms with Crippen LogP contribution in [0.3, 0.4) is 0 Å². The molecule has 0 aliphatic carbocycles. The zero-order chi connectivity index (χ0) is 13.1. The Kier molecular flexibility index (Phi) is 4.71. The van der Waals surface area contributed by atoms with Crippen LogP contribution < -0.4 is 0 Å². The molecule has 96 valence electrons. The van der Waals surface area contributed by atoms with Crippen molar-refractivity contribution in [3.63, 3.8) is 0 Å². The highest BCUT2D eigenvalue weighted by Gasteiger charge is 2.27. The highest BCUT2D eigenvalue weighted by atomic mass is 32.2. The molecule has 0 aliphatic rings. The van der Waals surface area contributed by atoms with Gasteiger partial charge in [0.25, 0.3) is 0 Å². The van der Waals surface area contributed by atoms with Gasteiger partial charge in [0.1, 0.15) is 0 Å². The van der Waals surface area contributed by atoms with Gasteiger partial charge in [0.15, 0.2) is 0 Å². The number of sulfonamides is 1. The Morgan fingerprint density at radius 1 is 1.00 bits per heavy atom. The molecule has 1 rings (SSSR count). The van der Waals surface area contributed by atoms with Gasteiger partial charge < -0.3 is 0 Å². The first kappa shape index (κ1) is 14.2. The summed E-state index contributed by atoms with van der Waals surface area (Å²) in [6.07, 6.45) is 0. The van der Waals surface area contributed by atoms with Gasteiger partial charge in [-0.15, -0.1) is 0 Å². The Morgan fingerprint density at radius 3 is 1.88 bits per heavy atom. The molecule has 0 spiro atoms. The van der Waals surface area contributed by atoms with Crippen molar-refractivity contribution in [1.82, 2.24) is 4.31 Å². The van der Waals surface area contributed by atoms with Crippen LogP contribution in [0, 0.1) is 0 Å². The molecular formula is C13H21NO2S. The fourth-order valence-corrected chi connectivity index (χ4v) is 4.15. The average molecular weight is 255 g/mol. The van der Waals surface area contributed by atoms with Gasteiger partial charge in [-0.05, 0) is 33.3 Å². The Bertz CT molecular complexity index is 430. The van der Waals surface area contributed by atoms with Gasteiger partial charge in [0, 0.05) is 12.1 Å². The van der Waals surface area contributed by atoms with Crippen LogP contribution in [0.15, 0.2) is 30.3 Å². The molecule has 0 bridgehead atoms. The van der Waals surface area contributed by atoms with Gasteiger partial charge in [-0.1, -0.05) is 30.3 Å². The minimum Gasteiger partial charge on any atom is -0.212 e. The van der Waals surface area contributed by atoms with E-state index >= 15 is 0 Å². The van der Waals surface area contributed by atoms with Crippen LogP contribution in [-0.2, 0) is 15.8 Å². The van der Waals surface area contributed by atoms with Crippen LogP contribution in [0.25, 0.3) is 0 Å². The molecule has 0 saturated carbocycles. The molecule has 0 N–H and O–H groups in total. The molecule has 0 amide bonds. The quantitative estimate of drug-likeness (QED) is 0.811. The third-order valence-corrected chi connectivity index (χ3v) is 4.71. The topological polar surface area (TPSA) is 37.4 Å². The van der Waals surface area contributed by atoms with E-state index in [-0.39, 0.29) is 17.8 Å². The van der Waals surface area contributed by atoms with Crippen molar-refractivity contribution < 1.29 is 8.42 Å². The van der Waals surface area contributed by atoms with Gasteiger partial charge in [0.05, 0.1) is 5.75 Å². The molecule has 0 atom stereocenters. The summed E-state index contributed by atoms with van der Waals surface area (Å²) in [5.41, 5.74) is 0.832. The van der Waals surface area contributed by atoms with E-state index in [9.17, 15) is 8.42 Å². The molecule has 17 heavy (non-hydrogen) atoms. The molecule has 0 unspecified atom stereocenters. The van der Waals surface area contributed by atoms with Gasteiger partial charge in [0.2, 0.25) is 10.0 Å². The average Bonchev–Trinajstić information content (AvgIpc) is 2.15. The molecule has 1 aromatic carbocycles. The summed E-state index contributed by atoms with van der Waals surface area (Å²) in [6, 6.07) is 9.28. The van der Waals surface area contributed by atoms with E-state index < -0.39 is 10.0 Å². The first-order chi connectivity index (χ1) is 7.84. The van der Waals surface area contributed by atoms with E-state index in [4.69, 9.17) is 0 Å². The maximum absolute atomic E-state index is 12.3. The lowest BCUT2D eigenvalue weighted by Gasteiger charge is -2.29. The first-order valence-corrected chi connectivity index (χ1v) is 7.50. The summed E-state index contributed by atoms with van der Waals surface area (Å²) in [5.74, 6) is 0.0736. The minimum atomic E-state index is -3.24. The molecule has 1 aromatic rings. The number of nitrogens with zero attached hydrogens (tertiary/aromatic N) is 1. The van der Waals surface area contributed by atoms with Crippen molar-refractivity contribution in [3.8, 4) is 0 Å². The summed E-state index contributed by atoms with van der Waals surface area (Å²) in [5, 5.41) is 0. The predicted molar refractivity (Wildman–Crippen MR) is 71.2 cm³/mol. The fourth-order valence-electron chi connectivity index (χ4n) is 2.10. The van der Waals surface area contributed by atoms with Crippen molar-refractivity contribution in [2.45, 2.75) is 45.5 Å². The first-order valence-electron chi connectivity index (χ1n) is 5.89. The van der Waals surface area contributed by atoms with Crippen LogP contribution in [-0.4, -0.2) is 24.8 Å². The second-order valence-electron chi connectivity index (χ2n) is 4.76. The van der Waals surface area contributed by atoms with E-state index in [1.54, 1.807) is 4.31 Å². The number of hydrogen-bond donors (Lipinski definition) is 0. The van der Waals surface area contributed by atoms with Crippen LogP contribution in [0.5, 0.6) is 0 Å². The van der Waals surface area contributed by atoms with Crippen LogP contribution >= 0.6 is 0 Å². The van der Waals surface area contributed by atoms with Gasteiger partial charge in [-0.2, -0.15) is 4.31 Å². The van der Waals surface area contributed by atoms with Crippen molar-refractivity contribution in [2.75, 3.05) is 0 Å². The SMILES string of the molecule is CC(C)N(C(C)C)S(=O)(=O)Cc1ccccc1. The van der Waals surface area contributed by atoms with Gasteiger partial charge in [-0.25, -0.2) is 8.42 Å². The molecule has 0 aliphatic heterocycles. The highest BCUT2D eigenvalue weighted by molar-refractivity contribution is 7.88. The van der Waals surface area contributed by atoms with E-state index in [1.165, 1.54) is 0 Å². The summed E-state index contributed by atoms with van der Waals surface area (Å²) in [7, 11) is -3.24. The molecule has 0 aromatic heterocycles. The molecular weight excluding hydrogens is 234 g/mol. The highest BCUT2D eigenvalue weighted by Crippen LogP contribution is 2.16.